The third kappa shape index (κ3) is 45.4. The normalized spacial score (nSPS) is 0. The molecule has 0 atom stereocenters. The molecule has 0 aliphatic heterocycles. The van der Waals surface area contributed by atoms with Gasteiger partial charge in [0.15, 0.2) is 17.4 Å². The first-order chi connectivity index (χ1) is 0. The van der Waals surface area contributed by atoms with Crippen LogP contribution in [0, 0.1) is 0 Å². The van der Waals surface area contributed by atoms with E-state index in [9.17, 15) is 0 Å². The second kappa shape index (κ2) is 79.0. The van der Waals surface area contributed by atoms with Crippen LogP contribution in [0.2, 0.25) is 0 Å². The van der Waals surface area contributed by atoms with E-state index in [0.29, 0.717) is 0 Å². The van der Waals surface area contributed by atoms with Crippen LogP contribution in [0.5, 0.6) is 0 Å². The van der Waals surface area contributed by atoms with Crippen LogP contribution in [0.25, 0.3) is 0 Å². The molecule has 0 aromatic rings. The summed E-state index contributed by atoms with van der Waals surface area (Å²) < 4.78 is 0. The summed E-state index contributed by atoms with van der Waals surface area (Å²) in [5, 5.41) is 0. The summed E-state index contributed by atoms with van der Waals surface area (Å²) in [6.45, 7) is 0. The van der Waals surface area contributed by atoms with Gasteiger partial charge in [0.2, 0.25) is 0 Å². The Morgan fingerprint density at radius 2 is 0.500 bits per heavy atom. The van der Waals surface area contributed by atoms with Gasteiger partial charge in [0, 0.05) is 0 Å². The van der Waals surface area contributed by atoms with Crippen LogP contribution in [0.3, 0.4) is 0 Å². The number of hydrogen-bond acceptors (Lipinski definition) is 0. The van der Waals surface area contributed by atoms with Crippen molar-refractivity contribution < 1.29 is 21.9 Å². The van der Waals surface area contributed by atoms with E-state index in [-0.39, 0.29) is 77.0 Å². The van der Waals surface area contributed by atoms with E-state index < -0.39 is 0 Å². The molecule has 0 bridgehead atoms. The van der Waals surface area contributed by atoms with Crippen LogP contribution < -0.4 is 0 Å². The third-order valence-electron chi connectivity index (χ3n) is 0. The van der Waals surface area contributed by atoms with Gasteiger partial charge in [0.05, 0.1) is 0 Å². The van der Waals surface area contributed by atoms with Crippen molar-refractivity contribution in [2.75, 3.05) is 0 Å². The average Bonchev–Trinajstić information content (AvgIpc) is 0. The zero-order chi connectivity index (χ0) is 0. The van der Waals surface area contributed by atoms with E-state index in [1.54, 1.807) is 0 Å². The first kappa shape index (κ1) is 126. The fourth-order valence-electron chi connectivity index (χ4n) is 0. The van der Waals surface area contributed by atoms with Gasteiger partial charge < -0.3 is 21.9 Å². The van der Waals surface area contributed by atoms with Crippen molar-refractivity contribution in [3.05, 3.63) is 0 Å². The fourth-order valence-corrected chi connectivity index (χ4v) is 0. The summed E-state index contributed by atoms with van der Waals surface area (Å²) in [5.74, 6) is 0. The first-order valence-corrected chi connectivity index (χ1v) is 0. The second-order valence-electron chi connectivity index (χ2n) is 0. The van der Waals surface area contributed by atoms with Gasteiger partial charge >= 0.3 is 37.7 Å². The third-order valence-corrected chi connectivity index (χ3v) is 0. The molecule has 0 saturated heterocycles. The van der Waals surface area contributed by atoms with Crippen molar-refractivity contribution in [1.82, 2.24) is 0 Å². The van der Waals surface area contributed by atoms with E-state index in [1.165, 1.54) is 0 Å². The maximum atomic E-state index is 0. The van der Waals surface area contributed by atoms with Crippen molar-refractivity contribution in [3.8, 4) is 0 Å². The molecule has 0 fully saturated rings. The molecule has 0 aliphatic rings. The first-order valence-electron chi connectivity index (χ1n) is 0. The molecule has 0 aromatic carbocycles. The Morgan fingerprint density at radius 3 is 0.500 bits per heavy atom. The van der Waals surface area contributed by atoms with Gasteiger partial charge in [-0.1, -0.05) is 0 Å². The molecule has 42 valence electrons. The van der Waals surface area contributed by atoms with Gasteiger partial charge in [-0.05, 0) is 0 Å². The van der Waals surface area contributed by atoms with E-state index >= 15 is 0 Å². The molecular formula is H13AlCaO4. The zero-order valence-electron chi connectivity index (χ0n) is 2.00. The van der Waals surface area contributed by atoms with Gasteiger partial charge in [0.25, 0.3) is 0 Å². The standard InChI is InChI=1S/Al.Ca.4H2O.5H/h;;4*1H2;;;;;. The molecule has 0 aliphatic carbocycles. The van der Waals surface area contributed by atoms with Gasteiger partial charge in [-0.2, -0.15) is 0 Å². The molecule has 0 saturated carbocycles. The van der Waals surface area contributed by atoms with Crippen LogP contribution >= 0.6 is 0 Å². The predicted octanol–water partition coefficient (Wildman–Crippen LogP) is -5.40. The molecule has 0 radical (unpaired) electrons. The Labute approximate surface area is 76.3 Å². The Balaban J connectivity index is 0. The molecular weight excluding hydrogens is 131 g/mol. The molecule has 6 heavy (non-hydrogen) atoms. The average molecular weight is 144 g/mol. The molecule has 8 N–H and O–H groups in total. The molecule has 4 nitrogen and oxygen atoms in total. The second-order valence-corrected chi connectivity index (χ2v) is 0. The van der Waals surface area contributed by atoms with Gasteiger partial charge in [-0.15, -0.1) is 0 Å². The van der Waals surface area contributed by atoms with Crippen molar-refractivity contribution >= 4 is 55.1 Å². The number of rotatable bonds is 0. The molecule has 0 spiro atoms. The molecule has 6 heteroatoms. The summed E-state index contributed by atoms with van der Waals surface area (Å²) >= 11 is 0. The van der Waals surface area contributed by atoms with Crippen molar-refractivity contribution in [1.29, 1.82) is 0 Å². The van der Waals surface area contributed by atoms with Crippen molar-refractivity contribution in [3.63, 3.8) is 0 Å². The zero-order valence-corrected chi connectivity index (χ0v) is 2.00. The van der Waals surface area contributed by atoms with Crippen LogP contribution in [0.4, 0.5) is 0 Å². The summed E-state index contributed by atoms with van der Waals surface area (Å²) in [7, 11) is 0. The summed E-state index contributed by atoms with van der Waals surface area (Å²) in [4.78, 5) is 0. The molecule has 0 amide bonds. The topological polar surface area (TPSA) is 126 Å². The van der Waals surface area contributed by atoms with Crippen LogP contribution in [0.1, 0.15) is 0 Å². The molecule has 0 unspecified atom stereocenters. The van der Waals surface area contributed by atoms with Crippen molar-refractivity contribution in [2.45, 2.75) is 0 Å². The SMILES string of the molecule is O.O.O.O.[AlH3].[CaH2]. The molecule has 0 heterocycles. The fraction of sp³-hybridized carbons (Fsp3) is 0. The Bertz CT molecular complexity index is 7.51. The van der Waals surface area contributed by atoms with E-state index in [0.717, 1.165) is 0 Å². The van der Waals surface area contributed by atoms with Crippen LogP contribution in [0.15, 0.2) is 0 Å². The van der Waals surface area contributed by atoms with Crippen LogP contribution in [-0.2, 0) is 0 Å². The van der Waals surface area contributed by atoms with E-state index in [4.69, 9.17) is 0 Å². The van der Waals surface area contributed by atoms with Crippen molar-refractivity contribution in [2.24, 2.45) is 0 Å². The molecule has 0 aromatic heterocycles. The van der Waals surface area contributed by atoms with Gasteiger partial charge in [-0.25, -0.2) is 0 Å². The predicted molar refractivity (Wildman–Crippen MR) is 32.9 cm³/mol. The minimum atomic E-state index is 0. The maximum absolute atomic E-state index is 0. The number of hydrogen-bond donors (Lipinski definition) is 0. The minimum absolute atomic E-state index is 0. The van der Waals surface area contributed by atoms with E-state index in [1.807, 2.05) is 0 Å². The summed E-state index contributed by atoms with van der Waals surface area (Å²) in [6, 6.07) is 0. The van der Waals surface area contributed by atoms with E-state index in [2.05, 4.69) is 0 Å². The summed E-state index contributed by atoms with van der Waals surface area (Å²) in [5.41, 5.74) is 0. The molecule has 0 rings (SSSR count). The Kier molecular flexibility index (Phi) is 1660. The Morgan fingerprint density at radius 1 is 0.500 bits per heavy atom. The van der Waals surface area contributed by atoms with Gasteiger partial charge in [-0.3, -0.25) is 0 Å². The summed E-state index contributed by atoms with van der Waals surface area (Å²) in [6.07, 6.45) is 0. The quantitative estimate of drug-likeness (QED) is 0.301. The Hall–Kier alpha value is 1.63. The van der Waals surface area contributed by atoms with Gasteiger partial charge in [0.1, 0.15) is 0 Å². The van der Waals surface area contributed by atoms with Crippen LogP contribution in [-0.4, -0.2) is 77.0 Å². The monoisotopic (exact) mass is 144 g/mol.